The Labute approximate surface area is 184 Å². The third-order valence-corrected chi connectivity index (χ3v) is 5.16. The molecule has 0 aliphatic heterocycles. The highest BCUT2D eigenvalue weighted by Crippen LogP contribution is 2.23. The predicted octanol–water partition coefficient (Wildman–Crippen LogP) is 5.90. The smallest absolute Gasteiger partial charge is 0.338 e. The number of benzene rings is 2. The van der Waals surface area contributed by atoms with Crippen molar-refractivity contribution in [1.29, 1.82) is 0 Å². The molecule has 0 heterocycles. The largest absolute Gasteiger partial charge is 0.458 e. The molecule has 0 saturated heterocycles. The summed E-state index contributed by atoms with van der Waals surface area (Å²) in [5.74, 6) is -0.940. The van der Waals surface area contributed by atoms with E-state index in [1.54, 1.807) is 24.3 Å². The number of esters is 2. The summed E-state index contributed by atoms with van der Waals surface area (Å²) >= 11 is 5.92. The molecule has 30 heavy (non-hydrogen) atoms. The molecule has 1 unspecified atom stereocenters. The molecule has 0 amide bonds. The lowest BCUT2D eigenvalue weighted by atomic mass is 9.87. The monoisotopic (exact) mass is 430 g/mol. The van der Waals surface area contributed by atoms with E-state index in [1.165, 1.54) is 0 Å². The van der Waals surface area contributed by atoms with E-state index in [0.29, 0.717) is 11.1 Å². The van der Waals surface area contributed by atoms with E-state index < -0.39 is 18.0 Å². The number of hydrogen-bond acceptors (Lipinski definition) is 4. The summed E-state index contributed by atoms with van der Waals surface area (Å²) in [6.45, 7) is 12.5. The molecule has 162 valence electrons. The van der Waals surface area contributed by atoms with Crippen molar-refractivity contribution in [3.05, 3.63) is 70.8 Å². The maximum absolute atomic E-state index is 12.4. The molecule has 0 aromatic heterocycles. The zero-order chi connectivity index (χ0) is 22.5. The predicted molar refractivity (Wildman–Crippen MR) is 120 cm³/mol. The van der Waals surface area contributed by atoms with Gasteiger partial charge in [-0.25, -0.2) is 9.59 Å². The number of carbonyl (C=O) groups is 2. The zero-order valence-corrected chi connectivity index (χ0v) is 19.4. The van der Waals surface area contributed by atoms with Gasteiger partial charge in [0.1, 0.15) is 12.7 Å². The lowest BCUT2D eigenvalue weighted by molar-refractivity contribution is 0.00536. The Bertz CT molecular complexity index is 856. The first kappa shape index (κ1) is 23.9. The van der Waals surface area contributed by atoms with Crippen molar-refractivity contribution in [2.45, 2.75) is 58.5 Å². The van der Waals surface area contributed by atoms with E-state index >= 15 is 0 Å². The van der Waals surface area contributed by atoms with Gasteiger partial charge in [0.15, 0.2) is 0 Å². The standard InChI is InChI=1S/C25H31ClO4/c1-24(2,3)19-11-7-17(8-12-19)22(27)29-16-21(15-26)30-23(28)18-9-13-20(14-10-18)25(4,5)6/h7-14,21H,15-16H2,1-6H3. The Morgan fingerprint density at radius 3 is 1.53 bits per heavy atom. The summed E-state index contributed by atoms with van der Waals surface area (Å²) in [6.07, 6.45) is -0.723. The van der Waals surface area contributed by atoms with Gasteiger partial charge in [0, 0.05) is 0 Å². The molecule has 0 spiro atoms. The van der Waals surface area contributed by atoms with Crippen LogP contribution in [-0.2, 0) is 20.3 Å². The second-order valence-corrected chi connectivity index (χ2v) is 9.74. The van der Waals surface area contributed by atoms with E-state index in [9.17, 15) is 9.59 Å². The summed E-state index contributed by atoms with van der Waals surface area (Å²) in [4.78, 5) is 24.7. The van der Waals surface area contributed by atoms with Crippen molar-refractivity contribution in [2.75, 3.05) is 12.5 Å². The Balaban J connectivity index is 1.93. The molecule has 0 bridgehead atoms. The van der Waals surface area contributed by atoms with Crippen LogP contribution in [0.4, 0.5) is 0 Å². The molecule has 4 nitrogen and oxygen atoms in total. The highest BCUT2D eigenvalue weighted by molar-refractivity contribution is 6.18. The lowest BCUT2D eigenvalue weighted by Gasteiger charge is -2.20. The van der Waals surface area contributed by atoms with Crippen LogP contribution >= 0.6 is 11.6 Å². The number of alkyl halides is 1. The zero-order valence-electron chi connectivity index (χ0n) is 18.6. The Kier molecular flexibility index (Phi) is 7.70. The van der Waals surface area contributed by atoms with Crippen LogP contribution in [0.2, 0.25) is 0 Å². The van der Waals surface area contributed by atoms with Crippen molar-refractivity contribution >= 4 is 23.5 Å². The van der Waals surface area contributed by atoms with Crippen LogP contribution in [-0.4, -0.2) is 30.5 Å². The van der Waals surface area contributed by atoms with Gasteiger partial charge in [-0.3, -0.25) is 0 Å². The maximum Gasteiger partial charge on any atom is 0.338 e. The Morgan fingerprint density at radius 1 is 0.767 bits per heavy atom. The van der Waals surface area contributed by atoms with Crippen LogP contribution < -0.4 is 0 Å². The van der Waals surface area contributed by atoms with Crippen LogP contribution in [0.25, 0.3) is 0 Å². The fraction of sp³-hybridized carbons (Fsp3) is 0.440. The van der Waals surface area contributed by atoms with Crippen LogP contribution in [0.15, 0.2) is 48.5 Å². The minimum atomic E-state index is -0.723. The van der Waals surface area contributed by atoms with Crippen molar-refractivity contribution < 1.29 is 19.1 Å². The van der Waals surface area contributed by atoms with Crippen molar-refractivity contribution in [3.63, 3.8) is 0 Å². The third kappa shape index (κ3) is 6.60. The van der Waals surface area contributed by atoms with Crippen molar-refractivity contribution in [1.82, 2.24) is 0 Å². The van der Waals surface area contributed by atoms with Crippen molar-refractivity contribution in [3.8, 4) is 0 Å². The molecule has 2 aromatic carbocycles. The Morgan fingerprint density at radius 2 is 1.17 bits per heavy atom. The van der Waals surface area contributed by atoms with Crippen LogP contribution in [0, 0.1) is 0 Å². The van der Waals surface area contributed by atoms with Gasteiger partial charge in [0.05, 0.1) is 17.0 Å². The first-order valence-electron chi connectivity index (χ1n) is 10.1. The molecule has 0 radical (unpaired) electrons. The molecule has 2 rings (SSSR count). The number of hydrogen-bond donors (Lipinski definition) is 0. The minimum absolute atomic E-state index is 0.000391. The lowest BCUT2D eigenvalue weighted by Crippen LogP contribution is -2.27. The molecule has 1 atom stereocenters. The number of rotatable bonds is 6. The molecule has 0 N–H and O–H groups in total. The van der Waals surface area contributed by atoms with Gasteiger partial charge in [0.2, 0.25) is 0 Å². The van der Waals surface area contributed by atoms with E-state index in [1.807, 2.05) is 24.3 Å². The molecule has 5 heteroatoms. The third-order valence-electron chi connectivity index (χ3n) is 4.82. The maximum atomic E-state index is 12.4. The van der Waals surface area contributed by atoms with Crippen LogP contribution in [0.1, 0.15) is 73.4 Å². The van der Waals surface area contributed by atoms with Crippen LogP contribution in [0.3, 0.4) is 0 Å². The van der Waals surface area contributed by atoms with Gasteiger partial charge in [-0.05, 0) is 46.2 Å². The fourth-order valence-corrected chi connectivity index (χ4v) is 2.95. The average molecular weight is 431 g/mol. The highest BCUT2D eigenvalue weighted by atomic mass is 35.5. The highest BCUT2D eigenvalue weighted by Gasteiger charge is 2.20. The molecular formula is C25H31ClO4. The van der Waals surface area contributed by atoms with Gasteiger partial charge in [0.25, 0.3) is 0 Å². The second-order valence-electron chi connectivity index (χ2n) is 9.43. The van der Waals surface area contributed by atoms with Gasteiger partial charge in [-0.2, -0.15) is 0 Å². The number of carbonyl (C=O) groups excluding carboxylic acids is 2. The topological polar surface area (TPSA) is 52.6 Å². The van der Waals surface area contributed by atoms with Gasteiger partial charge >= 0.3 is 11.9 Å². The first-order valence-corrected chi connectivity index (χ1v) is 10.6. The minimum Gasteiger partial charge on any atom is -0.458 e. The molecule has 0 aliphatic rings. The fourth-order valence-electron chi connectivity index (χ4n) is 2.79. The van der Waals surface area contributed by atoms with Gasteiger partial charge < -0.3 is 9.47 Å². The second kappa shape index (κ2) is 9.65. The quantitative estimate of drug-likeness (QED) is 0.422. The molecule has 0 fully saturated rings. The number of ether oxygens (including phenoxy) is 2. The van der Waals surface area contributed by atoms with Crippen LogP contribution in [0.5, 0.6) is 0 Å². The van der Waals surface area contributed by atoms with Gasteiger partial charge in [-0.1, -0.05) is 65.8 Å². The van der Waals surface area contributed by atoms with E-state index in [4.69, 9.17) is 21.1 Å². The van der Waals surface area contributed by atoms with E-state index in [-0.39, 0.29) is 23.3 Å². The summed E-state index contributed by atoms with van der Waals surface area (Å²) in [5, 5.41) is 0. The van der Waals surface area contributed by atoms with Gasteiger partial charge in [-0.15, -0.1) is 11.6 Å². The SMILES string of the molecule is CC(C)(C)c1ccc(C(=O)OCC(CCl)OC(=O)c2ccc(C(C)(C)C)cc2)cc1. The van der Waals surface area contributed by atoms with E-state index in [2.05, 4.69) is 41.5 Å². The first-order chi connectivity index (χ1) is 13.9. The molecule has 0 saturated carbocycles. The number of halogens is 1. The summed E-state index contributed by atoms with van der Waals surface area (Å²) in [7, 11) is 0. The molecule has 0 aliphatic carbocycles. The van der Waals surface area contributed by atoms with Crippen molar-refractivity contribution in [2.24, 2.45) is 0 Å². The summed E-state index contributed by atoms with van der Waals surface area (Å²) < 4.78 is 10.7. The molecule has 2 aromatic rings. The van der Waals surface area contributed by atoms with E-state index in [0.717, 1.165) is 11.1 Å². The summed E-state index contributed by atoms with van der Waals surface area (Å²) in [6, 6.07) is 14.6. The normalized spacial score (nSPS) is 12.9. The average Bonchev–Trinajstić information content (AvgIpc) is 2.69. The summed E-state index contributed by atoms with van der Waals surface area (Å²) in [5.41, 5.74) is 3.14. The Hall–Kier alpha value is -2.33. The molecular weight excluding hydrogens is 400 g/mol.